The average Bonchev–Trinajstić information content (AvgIpc) is 2.10. The lowest BCUT2D eigenvalue weighted by Gasteiger charge is -2.08. The Morgan fingerprint density at radius 2 is 1.87 bits per heavy atom. The monoisotopic (exact) mass is 208 g/mol. The van der Waals surface area contributed by atoms with Crippen molar-refractivity contribution in [1.82, 2.24) is 0 Å². The zero-order chi connectivity index (χ0) is 11.6. The van der Waals surface area contributed by atoms with Gasteiger partial charge in [-0.3, -0.25) is 14.9 Å². The molecule has 0 atom stereocenters. The smallest absolute Gasteiger partial charge is 0.295 e. The topological polar surface area (TPSA) is 72.2 Å². The van der Waals surface area contributed by atoms with Crippen molar-refractivity contribution < 1.29 is 9.72 Å². The fraction of sp³-hybridized carbons (Fsp3) is 0.300. The second-order valence-electron chi connectivity index (χ2n) is 3.36. The lowest BCUT2D eigenvalue weighted by molar-refractivity contribution is -0.384. The fourth-order valence-corrected chi connectivity index (χ4v) is 1.37. The number of hydrogen-bond donors (Lipinski definition) is 1. The van der Waals surface area contributed by atoms with Crippen LogP contribution in [0.2, 0.25) is 0 Å². The third-order valence-corrected chi connectivity index (χ3v) is 2.07. The van der Waals surface area contributed by atoms with E-state index in [1.807, 2.05) is 0 Å². The van der Waals surface area contributed by atoms with Crippen molar-refractivity contribution in [2.24, 2.45) is 0 Å². The van der Waals surface area contributed by atoms with Crippen molar-refractivity contribution in [2.75, 3.05) is 5.32 Å². The van der Waals surface area contributed by atoms with Gasteiger partial charge >= 0.3 is 0 Å². The van der Waals surface area contributed by atoms with E-state index in [2.05, 4.69) is 5.32 Å². The minimum absolute atomic E-state index is 0.0369. The molecule has 1 rings (SSSR count). The summed E-state index contributed by atoms with van der Waals surface area (Å²) in [5.74, 6) is -0.313. The molecule has 0 aliphatic heterocycles. The van der Waals surface area contributed by atoms with Gasteiger partial charge < -0.3 is 5.32 Å². The molecule has 1 aromatic rings. The largest absolute Gasteiger partial charge is 0.320 e. The highest BCUT2D eigenvalue weighted by atomic mass is 16.6. The summed E-state index contributed by atoms with van der Waals surface area (Å²) >= 11 is 0. The van der Waals surface area contributed by atoms with Gasteiger partial charge in [0.2, 0.25) is 5.91 Å². The summed E-state index contributed by atoms with van der Waals surface area (Å²) < 4.78 is 0. The van der Waals surface area contributed by atoms with Gasteiger partial charge in [-0.05, 0) is 19.4 Å². The zero-order valence-corrected chi connectivity index (χ0v) is 8.83. The maximum atomic E-state index is 10.9. The molecule has 1 N–H and O–H groups in total. The fourth-order valence-electron chi connectivity index (χ4n) is 1.37. The highest BCUT2D eigenvalue weighted by Crippen LogP contribution is 2.31. The summed E-state index contributed by atoms with van der Waals surface area (Å²) in [6.45, 7) is 4.69. The number of amides is 1. The third-order valence-electron chi connectivity index (χ3n) is 2.07. The third kappa shape index (κ3) is 2.31. The summed E-state index contributed by atoms with van der Waals surface area (Å²) in [7, 11) is 0. The van der Waals surface area contributed by atoms with Gasteiger partial charge in [-0.2, -0.15) is 0 Å². The van der Waals surface area contributed by atoms with Crippen LogP contribution in [0.3, 0.4) is 0 Å². The van der Waals surface area contributed by atoms with Crippen LogP contribution < -0.4 is 5.32 Å². The van der Waals surface area contributed by atoms with E-state index in [0.717, 1.165) is 0 Å². The standard InChI is InChI=1S/C10H12N2O3/c1-6-4-5-7(2)10(12(14)15)9(6)11-8(3)13/h4-5H,1-3H3,(H,11,13). The second-order valence-corrected chi connectivity index (χ2v) is 3.36. The van der Waals surface area contributed by atoms with Crippen LogP contribution in [-0.2, 0) is 4.79 Å². The number of anilines is 1. The Kier molecular flexibility index (Phi) is 3.04. The SMILES string of the molecule is CC(=O)Nc1c(C)ccc(C)c1[N+](=O)[O-]. The number of aryl methyl sites for hydroxylation is 2. The summed E-state index contributed by atoms with van der Waals surface area (Å²) in [6.07, 6.45) is 0. The van der Waals surface area contributed by atoms with Gasteiger partial charge in [0.25, 0.3) is 5.69 Å². The number of nitro benzene ring substituents is 1. The molecule has 0 aliphatic carbocycles. The number of rotatable bonds is 2. The van der Waals surface area contributed by atoms with E-state index in [0.29, 0.717) is 11.1 Å². The molecular weight excluding hydrogens is 196 g/mol. The van der Waals surface area contributed by atoms with Crippen molar-refractivity contribution in [2.45, 2.75) is 20.8 Å². The van der Waals surface area contributed by atoms with Crippen molar-refractivity contribution in [1.29, 1.82) is 0 Å². The number of carbonyl (C=O) groups is 1. The normalized spacial score (nSPS) is 9.80. The molecule has 80 valence electrons. The number of nitrogens with zero attached hydrogens (tertiary/aromatic N) is 1. The molecule has 1 amide bonds. The molecule has 0 fully saturated rings. The van der Waals surface area contributed by atoms with Crippen LogP contribution in [0.25, 0.3) is 0 Å². The quantitative estimate of drug-likeness (QED) is 0.598. The Balaban J connectivity index is 3.38. The molecule has 5 nitrogen and oxygen atoms in total. The van der Waals surface area contributed by atoms with E-state index >= 15 is 0 Å². The van der Waals surface area contributed by atoms with Crippen LogP contribution in [0.4, 0.5) is 11.4 Å². The first-order valence-corrected chi connectivity index (χ1v) is 4.45. The van der Waals surface area contributed by atoms with Crippen molar-refractivity contribution in [3.63, 3.8) is 0 Å². The molecule has 0 radical (unpaired) electrons. The Labute approximate surface area is 87.3 Å². The van der Waals surface area contributed by atoms with Crippen LogP contribution in [0.15, 0.2) is 12.1 Å². The summed E-state index contributed by atoms with van der Waals surface area (Å²) in [5.41, 5.74) is 1.47. The minimum atomic E-state index is -0.479. The van der Waals surface area contributed by atoms with Crippen molar-refractivity contribution in [3.8, 4) is 0 Å². The molecule has 0 unspecified atom stereocenters. The van der Waals surface area contributed by atoms with E-state index in [1.54, 1.807) is 26.0 Å². The predicted octanol–water partition coefficient (Wildman–Crippen LogP) is 2.17. The molecule has 15 heavy (non-hydrogen) atoms. The summed E-state index contributed by atoms with van der Waals surface area (Å²) in [5, 5.41) is 13.3. The first-order valence-electron chi connectivity index (χ1n) is 4.45. The predicted molar refractivity (Wildman–Crippen MR) is 56.9 cm³/mol. The molecule has 5 heteroatoms. The molecule has 0 saturated carbocycles. The van der Waals surface area contributed by atoms with Gasteiger partial charge in [0.1, 0.15) is 5.69 Å². The minimum Gasteiger partial charge on any atom is -0.320 e. The van der Waals surface area contributed by atoms with Gasteiger partial charge in [-0.1, -0.05) is 12.1 Å². The number of hydrogen-bond acceptors (Lipinski definition) is 3. The van der Waals surface area contributed by atoms with Crippen LogP contribution in [0, 0.1) is 24.0 Å². The Hall–Kier alpha value is -1.91. The second kappa shape index (κ2) is 4.08. The van der Waals surface area contributed by atoms with Gasteiger partial charge in [0.15, 0.2) is 0 Å². The average molecular weight is 208 g/mol. The molecule has 1 aromatic carbocycles. The van der Waals surface area contributed by atoms with Gasteiger partial charge in [0.05, 0.1) is 4.92 Å². The first-order chi connectivity index (χ1) is 6.93. The number of nitrogens with one attached hydrogen (secondary N) is 1. The van der Waals surface area contributed by atoms with Crippen LogP contribution >= 0.6 is 0 Å². The molecule has 0 heterocycles. The summed E-state index contributed by atoms with van der Waals surface area (Å²) in [4.78, 5) is 21.3. The molecule has 0 aliphatic rings. The zero-order valence-electron chi connectivity index (χ0n) is 8.83. The molecular formula is C10H12N2O3. The highest BCUT2D eigenvalue weighted by molar-refractivity contribution is 5.92. The van der Waals surface area contributed by atoms with E-state index in [9.17, 15) is 14.9 Å². The Morgan fingerprint density at radius 1 is 1.33 bits per heavy atom. The van der Waals surface area contributed by atoms with E-state index in [1.165, 1.54) is 6.92 Å². The molecule has 0 bridgehead atoms. The molecule has 0 aromatic heterocycles. The van der Waals surface area contributed by atoms with E-state index < -0.39 is 4.92 Å². The van der Waals surface area contributed by atoms with E-state index in [-0.39, 0.29) is 17.3 Å². The molecule has 0 spiro atoms. The van der Waals surface area contributed by atoms with Crippen molar-refractivity contribution >= 4 is 17.3 Å². The lowest BCUT2D eigenvalue weighted by atomic mass is 10.1. The lowest BCUT2D eigenvalue weighted by Crippen LogP contribution is -2.10. The van der Waals surface area contributed by atoms with Gasteiger partial charge in [-0.25, -0.2) is 0 Å². The number of benzene rings is 1. The van der Waals surface area contributed by atoms with Crippen LogP contribution in [0.1, 0.15) is 18.1 Å². The van der Waals surface area contributed by atoms with Gasteiger partial charge in [-0.15, -0.1) is 0 Å². The number of nitro groups is 1. The maximum Gasteiger partial charge on any atom is 0.295 e. The first kappa shape index (κ1) is 11.2. The van der Waals surface area contributed by atoms with Gasteiger partial charge in [0, 0.05) is 12.5 Å². The van der Waals surface area contributed by atoms with E-state index in [4.69, 9.17) is 0 Å². The van der Waals surface area contributed by atoms with Crippen LogP contribution in [0.5, 0.6) is 0 Å². The number of carbonyl (C=O) groups excluding carboxylic acids is 1. The Morgan fingerprint density at radius 3 is 2.33 bits per heavy atom. The molecule has 0 saturated heterocycles. The highest BCUT2D eigenvalue weighted by Gasteiger charge is 2.19. The van der Waals surface area contributed by atoms with Crippen molar-refractivity contribution in [3.05, 3.63) is 33.4 Å². The Bertz CT molecular complexity index is 427. The summed E-state index contributed by atoms with van der Waals surface area (Å²) in [6, 6.07) is 3.41. The maximum absolute atomic E-state index is 10.9. The van der Waals surface area contributed by atoms with Crippen LogP contribution in [-0.4, -0.2) is 10.8 Å².